The molecule has 0 saturated heterocycles. The van der Waals surface area contributed by atoms with Crippen LogP contribution >= 0.6 is 0 Å². The van der Waals surface area contributed by atoms with Crippen LogP contribution in [0.5, 0.6) is 0 Å². The molecule has 5 heteroatoms. The predicted octanol–water partition coefficient (Wildman–Crippen LogP) is 10.2. The Labute approximate surface area is 257 Å². The van der Waals surface area contributed by atoms with Crippen LogP contribution in [0.1, 0.15) is 0 Å². The highest BCUT2D eigenvalue weighted by Gasteiger charge is 2.23. The third-order valence-corrected chi connectivity index (χ3v) is 8.93. The van der Waals surface area contributed by atoms with E-state index >= 15 is 0 Å². The van der Waals surface area contributed by atoms with E-state index in [4.69, 9.17) is 14.4 Å². The highest BCUT2D eigenvalue weighted by Crippen LogP contribution is 2.41. The van der Waals surface area contributed by atoms with Gasteiger partial charge in [0.25, 0.3) is 0 Å². The molecule has 0 saturated carbocycles. The maximum atomic E-state index is 6.81. The molecule has 4 heterocycles. The van der Waals surface area contributed by atoms with Crippen LogP contribution in [0.3, 0.4) is 0 Å². The highest BCUT2D eigenvalue weighted by atomic mass is 16.3. The molecule has 0 radical (unpaired) electrons. The van der Waals surface area contributed by atoms with Gasteiger partial charge in [-0.3, -0.25) is 4.57 Å². The van der Waals surface area contributed by atoms with E-state index in [-0.39, 0.29) is 0 Å². The van der Waals surface area contributed by atoms with Crippen LogP contribution in [0.25, 0.3) is 88.6 Å². The molecule has 0 amide bonds. The van der Waals surface area contributed by atoms with Gasteiger partial charge in [0, 0.05) is 38.2 Å². The third kappa shape index (κ3) is 3.43. The number of fused-ring (bicyclic) bond motifs is 9. The van der Waals surface area contributed by atoms with Gasteiger partial charge in [-0.2, -0.15) is 0 Å². The van der Waals surface area contributed by atoms with E-state index in [1.165, 1.54) is 16.2 Å². The number of para-hydroxylation sites is 4. The smallest absolute Gasteiger partial charge is 0.197 e. The zero-order valence-corrected chi connectivity index (χ0v) is 24.1. The minimum Gasteiger partial charge on any atom is -0.450 e. The molecular formula is C40H24N4O. The minimum absolute atomic E-state index is 0.659. The SMILES string of the molecule is c1ccc(-c2nc(-n3c4ccccc4c4ccccc43)c3oc4cc5c6ccccc6n(-c6ccccc6)c5cc4c3n2)cc1. The molecule has 0 N–H and O–H groups in total. The van der Waals surface area contributed by atoms with E-state index < -0.39 is 0 Å². The fraction of sp³-hybridized carbons (Fsp3) is 0. The fourth-order valence-electron chi connectivity index (χ4n) is 6.96. The summed E-state index contributed by atoms with van der Waals surface area (Å²) in [4.78, 5) is 10.4. The molecular weight excluding hydrogens is 552 g/mol. The molecule has 5 nitrogen and oxygen atoms in total. The van der Waals surface area contributed by atoms with E-state index in [0.717, 1.165) is 61.0 Å². The minimum atomic E-state index is 0.659. The van der Waals surface area contributed by atoms with Crippen LogP contribution in [-0.4, -0.2) is 19.1 Å². The summed E-state index contributed by atoms with van der Waals surface area (Å²) in [6, 6.07) is 50.6. The standard InChI is InChI=1S/C40H24N4O/c1-3-13-25(14-4-1)39-41-37-31-23-35-30(29-19-9-10-20-32(29)43(35)26-15-5-2-6-16-26)24-36(31)45-38(37)40(42-39)44-33-21-11-7-17-27(33)28-18-8-12-22-34(28)44/h1-24H. The Morgan fingerprint density at radius 1 is 0.444 bits per heavy atom. The average Bonchev–Trinajstić information content (AvgIpc) is 3.75. The molecule has 0 bridgehead atoms. The predicted molar refractivity (Wildman–Crippen MR) is 183 cm³/mol. The van der Waals surface area contributed by atoms with Crippen LogP contribution in [0, 0.1) is 0 Å². The van der Waals surface area contributed by atoms with Crippen LogP contribution in [0.4, 0.5) is 0 Å². The molecule has 10 aromatic rings. The first-order valence-electron chi connectivity index (χ1n) is 15.1. The number of aromatic nitrogens is 4. The Morgan fingerprint density at radius 3 is 1.67 bits per heavy atom. The van der Waals surface area contributed by atoms with Crippen molar-refractivity contribution in [3.8, 4) is 22.9 Å². The molecule has 6 aromatic carbocycles. The van der Waals surface area contributed by atoms with E-state index in [1.54, 1.807) is 0 Å². The molecule has 4 aromatic heterocycles. The van der Waals surface area contributed by atoms with Gasteiger partial charge in [0.2, 0.25) is 0 Å². The molecule has 0 aliphatic carbocycles. The van der Waals surface area contributed by atoms with Crippen LogP contribution in [-0.2, 0) is 0 Å². The Bertz CT molecular complexity index is 2700. The number of furan rings is 1. The molecule has 0 aliphatic heterocycles. The second-order valence-corrected chi connectivity index (χ2v) is 11.4. The lowest BCUT2D eigenvalue weighted by atomic mass is 10.1. The van der Waals surface area contributed by atoms with Gasteiger partial charge in [-0.15, -0.1) is 0 Å². The molecule has 210 valence electrons. The van der Waals surface area contributed by atoms with Crippen LogP contribution in [0.2, 0.25) is 0 Å². The van der Waals surface area contributed by atoms with Crippen LogP contribution in [0.15, 0.2) is 150 Å². The summed E-state index contributed by atoms with van der Waals surface area (Å²) < 4.78 is 11.4. The quantitative estimate of drug-likeness (QED) is 0.210. The van der Waals surface area contributed by atoms with Crippen molar-refractivity contribution in [2.24, 2.45) is 0 Å². The maximum absolute atomic E-state index is 6.81. The first-order chi connectivity index (χ1) is 22.3. The summed E-state index contributed by atoms with van der Waals surface area (Å²) in [6.07, 6.45) is 0. The zero-order valence-electron chi connectivity index (χ0n) is 24.1. The normalized spacial score (nSPS) is 12.0. The first-order valence-corrected chi connectivity index (χ1v) is 15.1. The van der Waals surface area contributed by atoms with Gasteiger partial charge in [-0.25, -0.2) is 9.97 Å². The second-order valence-electron chi connectivity index (χ2n) is 11.4. The third-order valence-electron chi connectivity index (χ3n) is 8.93. The van der Waals surface area contributed by atoms with Gasteiger partial charge >= 0.3 is 0 Å². The summed E-state index contributed by atoms with van der Waals surface area (Å²) >= 11 is 0. The van der Waals surface area contributed by atoms with Crippen molar-refractivity contribution < 1.29 is 4.42 Å². The van der Waals surface area contributed by atoms with E-state index in [9.17, 15) is 0 Å². The summed E-state index contributed by atoms with van der Waals surface area (Å²) in [5, 5.41) is 5.62. The van der Waals surface area contributed by atoms with E-state index in [0.29, 0.717) is 11.4 Å². The number of hydrogen-bond acceptors (Lipinski definition) is 3. The number of rotatable bonds is 3. The summed E-state index contributed by atoms with van der Waals surface area (Å²) in [6.45, 7) is 0. The summed E-state index contributed by atoms with van der Waals surface area (Å²) in [5.41, 5.74) is 8.72. The van der Waals surface area contributed by atoms with Crippen molar-refractivity contribution in [3.05, 3.63) is 146 Å². The fourth-order valence-corrected chi connectivity index (χ4v) is 6.96. The Hall–Kier alpha value is -6.20. The van der Waals surface area contributed by atoms with Gasteiger partial charge in [0.15, 0.2) is 17.2 Å². The van der Waals surface area contributed by atoms with E-state index in [1.807, 2.05) is 18.2 Å². The van der Waals surface area contributed by atoms with Gasteiger partial charge < -0.3 is 8.98 Å². The Morgan fingerprint density at radius 2 is 1.00 bits per heavy atom. The topological polar surface area (TPSA) is 48.8 Å². The average molecular weight is 577 g/mol. The van der Waals surface area contributed by atoms with Gasteiger partial charge in [-0.1, -0.05) is 103 Å². The van der Waals surface area contributed by atoms with Crippen molar-refractivity contribution in [1.82, 2.24) is 19.1 Å². The molecule has 45 heavy (non-hydrogen) atoms. The molecule has 0 unspecified atom stereocenters. The lowest BCUT2D eigenvalue weighted by Gasteiger charge is -2.10. The number of nitrogens with zero attached hydrogens (tertiary/aromatic N) is 4. The summed E-state index contributed by atoms with van der Waals surface area (Å²) in [5.74, 6) is 1.39. The Kier molecular flexibility index (Phi) is 4.93. The Balaban J connectivity index is 1.37. The van der Waals surface area contributed by atoms with Gasteiger partial charge in [-0.05, 0) is 42.5 Å². The van der Waals surface area contributed by atoms with Crippen molar-refractivity contribution >= 4 is 65.7 Å². The van der Waals surface area contributed by atoms with Crippen molar-refractivity contribution in [2.75, 3.05) is 0 Å². The molecule has 0 spiro atoms. The highest BCUT2D eigenvalue weighted by molar-refractivity contribution is 6.17. The zero-order chi connectivity index (χ0) is 29.5. The monoisotopic (exact) mass is 576 g/mol. The molecule has 0 aliphatic rings. The lowest BCUT2D eigenvalue weighted by molar-refractivity contribution is 0.663. The van der Waals surface area contributed by atoms with Crippen molar-refractivity contribution in [2.45, 2.75) is 0 Å². The number of benzene rings is 6. The van der Waals surface area contributed by atoms with Crippen molar-refractivity contribution in [3.63, 3.8) is 0 Å². The molecule has 0 atom stereocenters. The van der Waals surface area contributed by atoms with Crippen molar-refractivity contribution in [1.29, 1.82) is 0 Å². The maximum Gasteiger partial charge on any atom is 0.197 e. The van der Waals surface area contributed by atoms with Gasteiger partial charge in [0.05, 0.1) is 22.1 Å². The van der Waals surface area contributed by atoms with E-state index in [2.05, 4.69) is 137 Å². The molecule has 0 fully saturated rings. The molecule has 10 rings (SSSR count). The first kappa shape index (κ1) is 24.3. The van der Waals surface area contributed by atoms with Gasteiger partial charge in [0.1, 0.15) is 11.1 Å². The largest absolute Gasteiger partial charge is 0.450 e. The second kappa shape index (κ2) is 9.15. The number of hydrogen-bond donors (Lipinski definition) is 0. The summed E-state index contributed by atoms with van der Waals surface area (Å²) in [7, 11) is 0. The lowest BCUT2D eigenvalue weighted by Crippen LogP contribution is -2.01. The van der Waals surface area contributed by atoms with Crippen LogP contribution < -0.4 is 0 Å².